The molecule has 0 amide bonds. The molecule has 0 N–H and O–H groups in total. The summed E-state index contributed by atoms with van der Waals surface area (Å²) in [6.07, 6.45) is 20.2. The first-order valence-corrected chi connectivity index (χ1v) is 12.4. The molecule has 0 radical (unpaired) electrons. The van der Waals surface area contributed by atoms with E-state index < -0.39 is 5.97 Å². The molecule has 30 heavy (non-hydrogen) atoms. The Bertz CT molecular complexity index is 612. The molecule has 170 valence electrons. The number of Topliss-reactive ketones (excluding diaryl/α,β-unsaturated/α-hetero) is 1. The predicted molar refractivity (Wildman–Crippen MR) is 127 cm³/mol. The zero-order chi connectivity index (χ0) is 22.0. The quantitative estimate of drug-likeness (QED) is 0.131. The molecule has 0 fully saturated rings. The zero-order valence-corrected chi connectivity index (χ0v) is 19.9. The van der Waals surface area contributed by atoms with Crippen molar-refractivity contribution in [3.8, 4) is 0 Å². The van der Waals surface area contributed by atoms with Gasteiger partial charge in [0.05, 0.1) is 17.7 Å². The normalized spacial score (nSPS) is 10.9. The van der Waals surface area contributed by atoms with Crippen LogP contribution in [0.2, 0.25) is 5.02 Å². The second kappa shape index (κ2) is 17.3. The summed E-state index contributed by atoms with van der Waals surface area (Å²) < 4.78 is 4.67. The third-order valence-electron chi connectivity index (χ3n) is 5.70. The van der Waals surface area contributed by atoms with Crippen LogP contribution >= 0.6 is 11.6 Å². The highest BCUT2D eigenvalue weighted by Crippen LogP contribution is 2.21. The van der Waals surface area contributed by atoms with Gasteiger partial charge in [-0.15, -0.1) is 0 Å². The molecule has 0 aliphatic rings. The van der Waals surface area contributed by atoms with Crippen molar-refractivity contribution in [3.63, 3.8) is 0 Å². The van der Waals surface area contributed by atoms with Crippen LogP contribution in [0.3, 0.4) is 0 Å². The highest BCUT2D eigenvalue weighted by molar-refractivity contribution is 6.34. The molecule has 0 atom stereocenters. The molecular formula is C26H41ClO3. The Balaban J connectivity index is 2.00. The molecule has 0 saturated heterocycles. The molecule has 0 spiro atoms. The lowest BCUT2D eigenvalue weighted by Gasteiger charge is -2.06. The maximum atomic E-state index is 12.3. The number of esters is 1. The Morgan fingerprint density at radius 3 is 1.67 bits per heavy atom. The molecule has 0 heterocycles. The van der Waals surface area contributed by atoms with Gasteiger partial charge < -0.3 is 4.74 Å². The molecule has 0 aliphatic heterocycles. The number of carbonyl (C=O) groups is 2. The average molecular weight is 437 g/mol. The molecule has 0 unspecified atom stereocenters. The first kappa shape index (κ1) is 26.7. The minimum Gasteiger partial charge on any atom is -0.465 e. The molecule has 0 saturated carbocycles. The van der Waals surface area contributed by atoms with Gasteiger partial charge in [0.25, 0.3) is 0 Å². The first-order chi connectivity index (χ1) is 14.6. The van der Waals surface area contributed by atoms with Crippen molar-refractivity contribution in [1.29, 1.82) is 0 Å². The number of ketones is 1. The van der Waals surface area contributed by atoms with Crippen LogP contribution in [0, 0.1) is 0 Å². The summed E-state index contributed by atoms with van der Waals surface area (Å²) in [5.41, 5.74) is 0.862. The number of methoxy groups -OCH3 is 1. The SMILES string of the molecule is CCCCCCCCCCCCCCCCCC(=O)c1ccc(C(=O)OC)c(Cl)c1. The van der Waals surface area contributed by atoms with E-state index in [1.165, 1.54) is 90.6 Å². The third-order valence-corrected chi connectivity index (χ3v) is 6.02. The highest BCUT2D eigenvalue weighted by atomic mass is 35.5. The lowest BCUT2D eigenvalue weighted by Crippen LogP contribution is -2.04. The summed E-state index contributed by atoms with van der Waals surface area (Å²) in [5, 5.41) is 0.268. The number of benzene rings is 1. The van der Waals surface area contributed by atoms with Crippen LogP contribution in [0.15, 0.2) is 18.2 Å². The highest BCUT2D eigenvalue weighted by Gasteiger charge is 2.13. The van der Waals surface area contributed by atoms with Gasteiger partial charge >= 0.3 is 5.97 Å². The van der Waals surface area contributed by atoms with E-state index in [4.69, 9.17) is 11.6 Å². The van der Waals surface area contributed by atoms with Crippen molar-refractivity contribution in [1.82, 2.24) is 0 Å². The van der Waals surface area contributed by atoms with Crippen molar-refractivity contribution in [3.05, 3.63) is 34.3 Å². The van der Waals surface area contributed by atoms with Gasteiger partial charge in [0.2, 0.25) is 0 Å². The average Bonchev–Trinajstić information content (AvgIpc) is 2.75. The van der Waals surface area contributed by atoms with Crippen molar-refractivity contribution in [2.45, 2.75) is 110 Å². The third kappa shape index (κ3) is 11.7. The topological polar surface area (TPSA) is 43.4 Å². The summed E-state index contributed by atoms with van der Waals surface area (Å²) in [4.78, 5) is 23.9. The van der Waals surface area contributed by atoms with Gasteiger partial charge in [-0.05, 0) is 18.6 Å². The number of unbranched alkanes of at least 4 members (excludes halogenated alkanes) is 14. The number of halogens is 1. The molecule has 4 heteroatoms. The van der Waals surface area contributed by atoms with E-state index >= 15 is 0 Å². The van der Waals surface area contributed by atoms with E-state index in [-0.39, 0.29) is 10.8 Å². The lowest BCUT2D eigenvalue weighted by atomic mass is 10.0. The minimum absolute atomic E-state index is 0.0861. The maximum absolute atomic E-state index is 12.3. The fraction of sp³-hybridized carbons (Fsp3) is 0.692. The standard InChI is InChI=1S/C26H41ClO3/c1-3-4-5-6-7-8-9-10-11-12-13-14-15-16-17-18-25(28)22-19-20-23(24(27)21-22)26(29)30-2/h19-21H,3-18H2,1-2H3. The van der Waals surface area contributed by atoms with Crippen molar-refractivity contribution >= 4 is 23.4 Å². The minimum atomic E-state index is -0.485. The molecule has 0 aromatic heterocycles. The van der Waals surface area contributed by atoms with Gasteiger partial charge in [0.15, 0.2) is 5.78 Å². The van der Waals surface area contributed by atoms with Crippen LogP contribution in [0.5, 0.6) is 0 Å². The molecule has 0 aliphatic carbocycles. The van der Waals surface area contributed by atoms with E-state index in [0.29, 0.717) is 17.5 Å². The number of rotatable bonds is 18. The fourth-order valence-electron chi connectivity index (χ4n) is 3.77. The van der Waals surface area contributed by atoms with Crippen molar-refractivity contribution in [2.75, 3.05) is 7.11 Å². The maximum Gasteiger partial charge on any atom is 0.339 e. The smallest absolute Gasteiger partial charge is 0.339 e. The predicted octanol–water partition coefficient (Wildman–Crippen LogP) is 8.57. The van der Waals surface area contributed by atoms with Crippen LogP contribution in [-0.2, 0) is 4.74 Å². The Morgan fingerprint density at radius 1 is 0.767 bits per heavy atom. The van der Waals surface area contributed by atoms with E-state index in [2.05, 4.69) is 11.7 Å². The monoisotopic (exact) mass is 436 g/mol. The molecule has 0 bridgehead atoms. The lowest BCUT2D eigenvalue weighted by molar-refractivity contribution is 0.0600. The van der Waals surface area contributed by atoms with Gasteiger partial charge in [-0.25, -0.2) is 4.79 Å². The Kier molecular flexibility index (Phi) is 15.4. The van der Waals surface area contributed by atoms with E-state index in [1.807, 2.05) is 0 Å². The molecular weight excluding hydrogens is 396 g/mol. The van der Waals surface area contributed by atoms with Crippen LogP contribution in [0.4, 0.5) is 0 Å². The molecule has 1 aromatic rings. The summed E-state index contributed by atoms with van der Waals surface area (Å²) in [6.45, 7) is 2.27. The molecule has 1 aromatic carbocycles. The van der Waals surface area contributed by atoms with Gasteiger partial charge in [0, 0.05) is 12.0 Å². The van der Waals surface area contributed by atoms with Crippen molar-refractivity contribution in [2.24, 2.45) is 0 Å². The molecule has 1 rings (SSSR count). The zero-order valence-electron chi connectivity index (χ0n) is 19.1. The van der Waals surface area contributed by atoms with Gasteiger partial charge in [-0.1, -0.05) is 114 Å². The summed E-state index contributed by atoms with van der Waals surface area (Å²) >= 11 is 6.09. The van der Waals surface area contributed by atoms with Crippen LogP contribution in [-0.4, -0.2) is 18.9 Å². The summed E-state index contributed by atoms with van der Waals surface area (Å²) in [5.74, 6) is -0.399. The Morgan fingerprint density at radius 2 is 1.23 bits per heavy atom. The van der Waals surface area contributed by atoms with Crippen LogP contribution < -0.4 is 0 Å². The van der Waals surface area contributed by atoms with E-state index in [9.17, 15) is 9.59 Å². The van der Waals surface area contributed by atoms with Gasteiger partial charge in [0.1, 0.15) is 0 Å². The largest absolute Gasteiger partial charge is 0.465 e. The number of carbonyl (C=O) groups excluding carboxylic acids is 2. The summed E-state index contributed by atoms with van der Waals surface area (Å²) in [6, 6.07) is 4.79. The second-order valence-corrected chi connectivity index (χ2v) is 8.72. The second-order valence-electron chi connectivity index (χ2n) is 8.31. The van der Waals surface area contributed by atoms with Crippen molar-refractivity contribution < 1.29 is 14.3 Å². The first-order valence-electron chi connectivity index (χ1n) is 12.0. The van der Waals surface area contributed by atoms with Gasteiger partial charge in [-0.3, -0.25) is 4.79 Å². The van der Waals surface area contributed by atoms with E-state index in [0.717, 1.165) is 12.8 Å². The summed E-state index contributed by atoms with van der Waals surface area (Å²) in [7, 11) is 1.31. The van der Waals surface area contributed by atoms with Crippen LogP contribution in [0.1, 0.15) is 130 Å². The fourth-order valence-corrected chi connectivity index (χ4v) is 4.02. The Hall–Kier alpha value is -1.35. The molecule has 3 nitrogen and oxygen atoms in total. The van der Waals surface area contributed by atoms with Crippen LogP contribution in [0.25, 0.3) is 0 Å². The number of hydrogen-bond donors (Lipinski definition) is 0. The van der Waals surface area contributed by atoms with E-state index in [1.54, 1.807) is 18.2 Å². The number of ether oxygens (including phenoxy) is 1. The number of hydrogen-bond acceptors (Lipinski definition) is 3. The Labute approximate surface area is 188 Å². The van der Waals surface area contributed by atoms with Gasteiger partial charge in [-0.2, -0.15) is 0 Å².